The van der Waals surface area contributed by atoms with Gasteiger partial charge < -0.3 is 15.3 Å². The molecule has 7 heteroatoms. The van der Waals surface area contributed by atoms with E-state index in [9.17, 15) is 18.4 Å². The lowest BCUT2D eigenvalue weighted by Crippen LogP contribution is -2.51. The maximum absolute atomic E-state index is 12.9. The topological polar surface area (TPSA) is 69.6 Å². The average Bonchev–Trinajstić information content (AvgIpc) is 2.83. The van der Waals surface area contributed by atoms with E-state index in [1.165, 1.54) is 4.90 Å². The third-order valence-corrected chi connectivity index (χ3v) is 3.21. The van der Waals surface area contributed by atoms with Crippen LogP contribution in [0.25, 0.3) is 0 Å². The molecule has 0 aromatic rings. The Labute approximate surface area is 117 Å². The molecule has 0 radical (unpaired) electrons. The van der Waals surface area contributed by atoms with Gasteiger partial charge in [-0.1, -0.05) is 20.8 Å². The Kier molecular flexibility index (Phi) is 5.07. The van der Waals surface area contributed by atoms with Gasteiger partial charge in [-0.05, 0) is 12.8 Å². The molecule has 2 amide bonds. The largest absolute Gasteiger partial charge is 0.390 e. The van der Waals surface area contributed by atoms with Gasteiger partial charge in [0.05, 0.1) is 6.54 Å². The standard InChI is InChI=1S/C13H22F2N2O3/c1-12(2,3)11(20)17-6-4-5-9(17)10(19)16-7-13(14,15)8-18/h9,18H,4-8H2,1-3H3,(H,16,19). The number of aliphatic hydroxyl groups is 1. The predicted octanol–water partition coefficient (Wildman–Crippen LogP) is 0.767. The number of hydrogen-bond donors (Lipinski definition) is 2. The third-order valence-electron chi connectivity index (χ3n) is 3.21. The number of rotatable bonds is 4. The van der Waals surface area contributed by atoms with E-state index in [0.29, 0.717) is 19.4 Å². The van der Waals surface area contributed by atoms with E-state index < -0.39 is 36.4 Å². The van der Waals surface area contributed by atoms with E-state index in [0.717, 1.165) is 0 Å². The van der Waals surface area contributed by atoms with Crippen LogP contribution in [0.5, 0.6) is 0 Å². The van der Waals surface area contributed by atoms with Crippen LogP contribution in [0.3, 0.4) is 0 Å². The summed E-state index contributed by atoms with van der Waals surface area (Å²) >= 11 is 0. The first kappa shape index (κ1) is 16.8. The van der Waals surface area contributed by atoms with Crippen molar-refractivity contribution in [1.82, 2.24) is 10.2 Å². The summed E-state index contributed by atoms with van der Waals surface area (Å²) in [5, 5.41) is 10.6. The van der Waals surface area contributed by atoms with Crippen LogP contribution < -0.4 is 5.32 Å². The second kappa shape index (κ2) is 6.03. The van der Waals surface area contributed by atoms with Gasteiger partial charge in [-0.25, -0.2) is 8.78 Å². The zero-order valence-corrected chi connectivity index (χ0v) is 12.1. The Morgan fingerprint density at radius 3 is 2.45 bits per heavy atom. The molecule has 0 bridgehead atoms. The van der Waals surface area contributed by atoms with Crippen molar-refractivity contribution in [1.29, 1.82) is 0 Å². The second-order valence-corrected chi connectivity index (χ2v) is 6.14. The van der Waals surface area contributed by atoms with Crippen LogP contribution in [-0.4, -0.2) is 53.5 Å². The molecule has 1 saturated heterocycles. The van der Waals surface area contributed by atoms with Crippen molar-refractivity contribution in [2.24, 2.45) is 5.41 Å². The lowest BCUT2D eigenvalue weighted by atomic mass is 9.94. The lowest BCUT2D eigenvalue weighted by Gasteiger charge is -2.30. The molecule has 116 valence electrons. The fourth-order valence-electron chi connectivity index (χ4n) is 2.10. The van der Waals surface area contributed by atoms with E-state index in [2.05, 4.69) is 5.32 Å². The van der Waals surface area contributed by atoms with Gasteiger partial charge in [0, 0.05) is 12.0 Å². The highest BCUT2D eigenvalue weighted by Crippen LogP contribution is 2.25. The van der Waals surface area contributed by atoms with Crippen molar-refractivity contribution in [3.05, 3.63) is 0 Å². The average molecular weight is 292 g/mol. The smallest absolute Gasteiger partial charge is 0.287 e. The minimum absolute atomic E-state index is 0.163. The van der Waals surface area contributed by atoms with Crippen molar-refractivity contribution in [2.45, 2.75) is 45.6 Å². The molecule has 1 aliphatic heterocycles. The molecule has 1 fully saturated rings. The van der Waals surface area contributed by atoms with Crippen LogP contribution in [0.4, 0.5) is 8.78 Å². The Morgan fingerprint density at radius 1 is 1.35 bits per heavy atom. The molecule has 2 N–H and O–H groups in total. The molecule has 1 rings (SSSR count). The van der Waals surface area contributed by atoms with Crippen LogP contribution in [0, 0.1) is 5.41 Å². The van der Waals surface area contributed by atoms with Crippen LogP contribution >= 0.6 is 0 Å². The number of likely N-dealkylation sites (tertiary alicyclic amines) is 1. The van der Waals surface area contributed by atoms with Gasteiger partial charge in [0.1, 0.15) is 12.6 Å². The Bertz CT molecular complexity index is 380. The normalized spacial score (nSPS) is 20.1. The number of amides is 2. The van der Waals surface area contributed by atoms with Gasteiger partial charge in [-0.3, -0.25) is 9.59 Å². The molecule has 1 atom stereocenters. The first-order valence-electron chi connectivity index (χ1n) is 6.66. The van der Waals surface area contributed by atoms with Gasteiger partial charge in [0.2, 0.25) is 11.8 Å². The van der Waals surface area contributed by atoms with Crippen molar-refractivity contribution in [3.63, 3.8) is 0 Å². The number of alkyl halides is 2. The van der Waals surface area contributed by atoms with E-state index >= 15 is 0 Å². The highest BCUT2D eigenvalue weighted by Gasteiger charge is 2.39. The Hall–Kier alpha value is -1.24. The molecule has 1 heterocycles. The summed E-state index contributed by atoms with van der Waals surface area (Å²) in [5.41, 5.74) is -0.613. The molecule has 20 heavy (non-hydrogen) atoms. The van der Waals surface area contributed by atoms with Crippen LogP contribution in [0.2, 0.25) is 0 Å². The molecule has 0 aliphatic carbocycles. The van der Waals surface area contributed by atoms with Crippen LogP contribution in [-0.2, 0) is 9.59 Å². The molecular formula is C13H22F2N2O3. The van der Waals surface area contributed by atoms with Crippen molar-refractivity contribution in [3.8, 4) is 0 Å². The van der Waals surface area contributed by atoms with Crippen LogP contribution in [0.1, 0.15) is 33.6 Å². The zero-order chi connectivity index (χ0) is 15.6. The summed E-state index contributed by atoms with van der Waals surface area (Å²) in [6.07, 6.45) is 1.15. The fourth-order valence-corrected chi connectivity index (χ4v) is 2.10. The fraction of sp³-hybridized carbons (Fsp3) is 0.846. The van der Waals surface area contributed by atoms with Crippen molar-refractivity contribution >= 4 is 11.8 Å². The quantitative estimate of drug-likeness (QED) is 0.804. The molecule has 1 aliphatic rings. The Morgan fingerprint density at radius 2 is 1.95 bits per heavy atom. The third kappa shape index (κ3) is 4.13. The molecule has 5 nitrogen and oxygen atoms in total. The molecular weight excluding hydrogens is 270 g/mol. The first-order valence-corrected chi connectivity index (χ1v) is 6.66. The summed E-state index contributed by atoms with van der Waals surface area (Å²) in [6, 6.07) is -0.698. The molecule has 0 saturated carbocycles. The number of nitrogens with zero attached hydrogens (tertiary/aromatic N) is 1. The first-order chi connectivity index (χ1) is 9.08. The Balaban J connectivity index is 2.65. The van der Waals surface area contributed by atoms with Crippen molar-refractivity contribution in [2.75, 3.05) is 19.7 Å². The number of carbonyl (C=O) groups is 2. The lowest BCUT2D eigenvalue weighted by molar-refractivity contribution is -0.145. The molecule has 1 unspecified atom stereocenters. The summed E-state index contributed by atoms with van der Waals surface area (Å²) in [6.45, 7) is 3.48. The highest BCUT2D eigenvalue weighted by atomic mass is 19.3. The number of aliphatic hydroxyl groups excluding tert-OH is 1. The summed E-state index contributed by atoms with van der Waals surface area (Å²) in [5.74, 6) is -4.09. The van der Waals surface area contributed by atoms with Crippen molar-refractivity contribution < 1.29 is 23.5 Å². The summed E-state index contributed by atoms with van der Waals surface area (Å²) < 4.78 is 25.8. The molecule has 0 spiro atoms. The number of nitrogens with one attached hydrogen (secondary N) is 1. The van der Waals surface area contributed by atoms with E-state index in [1.54, 1.807) is 20.8 Å². The number of hydrogen-bond acceptors (Lipinski definition) is 3. The SMILES string of the molecule is CC(C)(C)C(=O)N1CCCC1C(=O)NCC(F)(F)CO. The molecule has 0 aromatic carbocycles. The summed E-state index contributed by atoms with van der Waals surface area (Å²) in [4.78, 5) is 25.6. The number of halogens is 2. The van der Waals surface area contributed by atoms with Gasteiger partial charge >= 0.3 is 0 Å². The van der Waals surface area contributed by atoms with Gasteiger partial charge in [0.15, 0.2) is 0 Å². The number of carbonyl (C=O) groups excluding carboxylic acids is 2. The second-order valence-electron chi connectivity index (χ2n) is 6.14. The zero-order valence-electron chi connectivity index (χ0n) is 12.1. The monoisotopic (exact) mass is 292 g/mol. The van der Waals surface area contributed by atoms with E-state index in [4.69, 9.17) is 5.11 Å². The molecule has 0 aromatic heterocycles. The van der Waals surface area contributed by atoms with E-state index in [-0.39, 0.29) is 5.91 Å². The summed E-state index contributed by atoms with van der Waals surface area (Å²) in [7, 11) is 0. The van der Waals surface area contributed by atoms with E-state index in [1.807, 2.05) is 0 Å². The maximum atomic E-state index is 12.9. The van der Waals surface area contributed by atoms with Gasteiger partial charge in [-0.2, -0.15) is 0 Å². The predicted molar refractivity (Wildman–Crippen MR) is 69.2 cm³/mol. The highest BCUT2D eigenvalue weighted by molar-refractivity contribution is 5.90. The maximum Gasteiger partial charge on any atom is 0.287 e. The van der Waals surface area contributed by atoms with Gasteiger partial charge in [0.25, 0.3) is 5.92 Å². The minimum atomic E-state index is -3.34. The van der Waals surface area contributed by atoms with Crippen LogP contribution in [0.15, 0.2) is 0 Å². The van der Waals surface area contributed by atoms with Gasteiger partial charge in [-0.15, -0.1) is 0 Å². The minimum Gasteiger partial charge on any atom is -0.390 e.